The Morgan fingerprint density at radius 1 is 1.20 bits per heavy atom. The lowest BCUT2D eigenvalue weighted by atomic mass is 9.93. The predicted octanol–water partition coefficient (Wildman–Crippen LogP) is -0.0851. The van der Waals surface area contributed by atoms with Crippen molar-refractivity contribution >= 4 is 11.8 Å². The van der Waals surface area contributed by atoms with Gasteiger partial charge in [0.1, 0.15) is 6.04 Å². The number of primary amides is 1. The average molecular weight is 276 g/mol. The van der Waals surface area contributed by atoms with Gasteiger partial charge in [-0.15, -0.1) is 0 Å². The molecule has 6 nitrogen and oxygen atoms in total. The molecule has 2 rings (SSSR count). The Kier molecular flexibility index (Phi) is 4.70. The lowest BCUT2D eigenvalue weighted by molar-refractivity contribution is -0.128. The highest BCUT2D eigenvalue weighted by Gasteiger charge is 2.32. The molecular weight excluding hydrogens is 256 g/mol. The van der Waals surface area contributed by atoms with Crippen LogP contribution in [0, 0.1) is 5.92 Å². The molecule has 5 N–H and O–H groups in total. The number of carbonyl (C=O) groups excluding carboxylic acids is 2. The normalized spacial score (nSPS) is 18.4. The van der Waals surface area contributed by atoms with E-state index in [0.717, 1.165) is 5.56 Å². The van der Waals surface area contributed by atoms with E-state index in [4.69, 9.17) is 11.6 Å². The first-order valence-electron chi connectivity index (χ1n) is 6.72. The van der Waals surface area contributed by atoms with Crippen LogP contribution in [-0.2, 0) is 9.59 Å². The second kappa shape index (κ2) is 6.49. The number of nitrogens with zero attached hydrogens (tertiary/aromatic N) is 1. The van der Waals surface area contributed by atoms with Gasteiger partial charge in [-0.25, -0.2) is 5.84 Å². The second-order valence-corrected chi connectivity index (χ2v) is 5.03. The van der Waals surface area contributed by atoms with Gasteiger partial charge < -0.3 is 5.73 Å². The van der Waals surface area contributed by atoms with E-state index in [1.54, 1.807) is 0 Å². The Balaban J connectivity index is 2.13. The number of piperidine rings is 1. The zero-order chi connectivity index (χ0) is 14.5. The first kappa shape index (κ1) is 14.5. The number of likely N-dealkylation sites (tertiary alicyclic amines) is 1. The highest BCUT2D eigenvalue weighted by molar-refractivity contribution is 5.82. The lowest BCUT2D eigenvalue weighted by Crippen LogP contribution is -2.47. The molecule has 1 unspecified atom stereocenters. The summed E-state index contributed by atoms with van der Waals surface area (Å²) in [5.74, 6) is 4.70. The van der Waals surface area contributed by atoms with Crippen LogP contribution in [0.2, 0.25) is 0 Å². The summed E-state index contributed by atoms with van der Waals surface area (Å²) >= 11 is 0. The summed E-state index contributed by atoms with van der Waals surface area (Å²) in [5.41, 5.74) is 8.45. The molecule has 0 bridgehead atoms. The van der Waals surface area contributed by atoms with Gasteiger partial charge in [-0.3, -0.25) is 19.9 Å². The Morgan fingerprint density at radius 2 is 1.80 bits per heavy atom. The number of nitrogens with two attached hydrogens (primary N) is 2. The van der Waals surface area contributed by atoms with Gasteiger partial charge in [-0.2, -0.15) is 0 Å². The Bertz CT molecular complexity index is 469. The number of hydrogen-bond donors (Lipinski definition) is 3. The largest absolute Gasteiger partial charge is 0.369 e. The number of carbonyl (C=O) groups is 2. The van der Waals surface area contributed by atoms with Gasteiger partial charge in [0.05, 0.1) is 0 Å². The van der Waals surface area contributed by atoms with Crippen LogP contribution in [0.15, 0.2) is 30.3 Å². The second-order valence-electron chi connectivity index (χ2n) is 5.03. The molecule has 0 aromatic heterocycles. The molecule has 1 heterocycles. The fraction of sp³-hybridized carbons (Fsp3) is 0.429. The van der Waals surface area contributed by atoms with Gasteiger partial charge in [0, 0.05) is 5.92 Å². The maximum atomic E-state index is 12.1. The summed E-state index contributed by atoms with van der Waals surface area (Å²) in [4.78, 5) is 25.3. The summed E-state index contributed by atoms with van der Waals surface area (Å²) in [7, 11) is 0. The fourth-order valence-electron chi connectivity index (χ4n) is 2.68. The molecule has 1 aliphatic rings. The lowest BCUT2D eigenvalue weighted by Gasteiger charge is -2.35. The summed E-state index contributed by atoms with van der Waals surface area (Å²) in [6.45, 7) is 1.31. The van der Waals surface area contributed by atoms with Gasteiger partial charge in [0.15, 0.2) is 0 Å². The molecule has 1 aromatic carbocycles. The van der Waals surface area contributed by atoms with E-state index in [1.165, 1.54) is 0 Å². The van der Waals surface area contributed by atoms with Crippen LogP contribution in [0.25, 0.3) is 0 Å². The van der Waals surface area contributed by atoms with E-state index in [0.29, 0.717) is 25.9 Å². The van der Waals surface area contributed by atoms with Crippen LogP contribution in [0.3, 0.4) is 0 Å². The van der Waals surface area contributed by atoms with Crippen molar-refractivity contribution in [2.75, 3.05) is 13.1 Å². The highest BCUT2D eigenvalue weighted by Crippen LogP contribution is 2.26. The van der Waals surface area contributed by atoms with Crippen molar-refractivity contribution in [3.8, 4) is 0 Å². The molecule has 1 aliphatic heterocycles. The number of nitrogens with one attached hydrogen (secondary N) is 1. The van der Waals surface area contributed by atoms with E-state index in [2.05, 4.69) is 5.43 Å². The van der Waals surface area contributed by atoms with Gasteiger partial charge in [0.2, 0.25) is 5.91 Å². The minimum atomic E-state index is -0.421. The molecule has 2 amide bonds. The molecule has 0 aliphatic carbocycles. The first-order chi connectivity index (χ1) is 9.63. The Labute approximate surface area is 118 Å². The molecule has 108 valence electrons. The minimum Gasteiger partial charge on any atom is -0.369 e. The van der Waals surface area contributed by atoms with Gasteiger partial charge >= 0.3 is 0 Å². The van der Waals surface area contributed by atoms with Crippen LogP contribution in [0.5, 0.6) is 0 Å². The SMILES string of the molecule is NNC(=O)C(c1ccccc1)N1CCC(C(N)=O)CC1. The molecule has 1 atom stereocenters. The van der Waals surface area contributed by atoms with Crippen molar-refractivity contribution in [2.24, 2.45) is 17.5 Å². The van der Waals surface area contributed by atoms with Crippen LogP contribution in [-0.4, -0.2) is 29.8 Å². The third-order valence-corrected chi connectivity index (χ3v) is 3.80. The van der Waals surface area contributed by atoms with E-state index in [-0.39, 0.29) is 17.7 Å². The standard InChI is InChI=1S/C14H20N4O2/c15-13(19)11-6-8-18(9-7-11)12(14(20)17-16)10-4-2-1-3-5-10/h1-5,11-12H,6-9,16H2,(H2,15,19)(H,17,20). The van der Waals surface area contributed by atoms with Crippen LogP contribution in [0.1, 0.15) is 24.4 Å². The zero-order valence-corrected chi connectivity index (χ0v) is 11.3. The van der Waals surface area contributed by atoms with Crippen molar-refractivity contribution in [2.45, 2.75) is 18.9 Å². The third kappa shape index (κ3) is 3.15. The van der Waals surface area contributed by atoms with E-state index in [9.17, 15) is 9.59 Å². The number of hydrogen-bond acceptors (Lipinski definition) is 4. The van der Waals surface area contributed by atoms with Crippen LogP contribution in [0.4, 0.5) is 0 Å². The van der Waals surface area contributed by atoms with Crippen molar-refractivity contribution in [1.82, 2.24) is 10.3 Å². The van der Waals surface area contributed by atoms with Crippen molar-refractivity contribution in [1.29, 1.82) is 0 Å². The predicted molar refractivity (Wildman–Crippen MR) is 75.0 cm³/mol. The van der Waals surface area contributed by atoms with Crippen LogP contribution < -0.4 is 17.0 Å². The molecule has 1 aromatic rings. The summed E-state index contributed by atoms with van der Waals surface area (Å²) < 4.78 is 0. The average Bonchev–Trinajstić information content (AvgIpc) is 2.49. The van der Waals surface area contributed by atoms with Gasteiger partial charge in [-0.1, -0.05) is 30.3 Å². The third-order valence-electron chi connectivity index (χ3n) is 3.80. The zero-order valence-electron chi connectivity index (χ0n) is 11.3. The molecule has 6 heteroatoms. The van der Waals surface area contributed by atoms with Gasteiger partial charge in [-0.05, 0) is 31.5 Å². The Hall–Kier alpha value is -1.92. The number of hydrazine groups is 1. The quantitative estimate of drug-likeness (QED) is 0.406. The number of rotatable bonds is 4. The molecule has 0 saturated carbocycles. The molecule has 1 saturated heterocycles. The van der Waals surface area contributed by atoms with Crippen molar-refractivity contribution in [3.63, 3.8) is 0 Å². The molecule has 20 heavy (non-hydrogen) atoms. The molecular formula is C14H20N4O2. The number of amides is 2. The smallest absolute Gasteiger partial charge is 0.255 e. The summed E-state index contributed by atoms with van der Waals surface area (Å²) in [6.07, 6.45) is 1.35. The fourth-order valence-corrected chi connectivity index (χ4v) is 2.68. The monoisotopic (exact) mass is 276 g/mol. The van der Waals surface area contributed by atoms with E-state index >= 15 is 0 Å². The molecule has 1 fully saturated rings. The van der Waals surface area contributed by atoms with Gasteiger partial charge in [0.25, 0.3) is 5.91 Å². The summed E-state index contributed by atoms with van der Waals surface area (Å²) in [5, 5.41) is 0. The van der Waals surface area contributed by atoms with Crippen LogP contribution >= 0.6 is 0 Å². The van der Waals surface area contributed by atoms with Crippen molar-refractivity contribution in [3.05, 3.63) is 35.9 Å². The first-order valence-corrected chi connectivity index (χ1v) is 6.72. The minimum absolute atomic E-state index is 0.0939. The maximum absolute atomic E-state index is 12.1. The topological polar surface area (TPSA) is 101 Å². The summed E-state index contributed by atoms with van der Waals surface area (Å²) in [6, 6.07) is 9.07. The van der Waals surface area contributed by atoms with Crippen molar-refractivity contribution < 1.29 is 9.59 Å². The maximum Gasteiger partial charge on any atom is 0.255 e. The van der Waals surface area contributed by atoms with E-state index in [1.807, 2.05) is 35.2 Å². The highest BCUT2D eigenvalue weighted by atomic mass is 16.2. The number of benzene rings is 1. The van der Waals surface area contributed by atoms with E-state index < -0.39 is 6.04 Å². The molecule has 0 radical (unpaired) electrons. The molecule has 0 spiro atoms. The Morgan fingerprint density at radius 3 is 2.30 bits per heavy atom.